The van der Waals surface area contributed by atoms with E-state index in [-0.39, 0.29) is 52.9 Å². The molecular weight excluding hydrogens is 528 g/mol. The summed E-state index contributed by atoms with van der Waals surface area (Å²) in [4.78, 5) is 34.2. The zero-order chi connectivity index (χ0) is 28.0. The lowest BCUT2D eigenvalue weighted by Crippen LogP contribution is -2.45. The fourth-order valence-corrected chi connectivity index (χ4v) is 5.46. The summed E-state index contributed by atoms with van der Waals surface area (Å²) in [5, 5.41) is 5.05. The van der Waals surface area contributed by atoms with Crippen LogP contribution < -0.4 is 4.74 Å². The summed E-state index contributed by atoms with van der Waals surface area (Å²) < 4.78 is 31.3. The molecule has 0 radical (unpaired) electrons. The van der Waals surface area contributed by atoms with Crippen molar-refractivity contribution in [1.29, 1.82) is 0 Å². The zero-order valence-electron chi connectivity index (χ0n) is 21.6. The number of carbonyl (C=O) groups excluding carboxylic acids is 2. The van der Waals surface area contributed by atoms with Crippen molar-refractivity contribution in [3.8, 4) is 5.75 Å². The van der Waals surface area contributed by atoms with Crippen molar-refractivity contribution in [3.05, 3.63) is 87.0 Å². The zero-order valence-corrected chi connectivity index (χ0v) is 22.3. The van der Waals surface area contributed by atoms with Crippen molar-refractivity contribution >= 4 is 29.1 Å². The van der Waals surface area contributed by atoms with Gasteiger partial charge in [-0.2, -0.15) is 13.9 Å². The summed E-state index contributed by atoms with van der Waals surface area (Å²) in [6, 6.07) is 10.3. The van der Waals surface area contributed by atoms with Crippen LogP contribution in [0.5, 0.6) is 5.75 Å². The minimum absolute atomic E-state index is 0.0505. The Kier molecular flexibility index (Phi) is 7.03. The fraction of sp³-hybridized carbons (Fsp3) is 0.357. The quantitative estimate of drug-likeness (QED) is 0.360. The van der Waals surface area contributed by atoms with Crippen LogP contribution in [0, 0.1) is 6.57 Å². The number of hydrogen-bond donors (Lipinski definition) is 0. The number of ether oxygens (including phenoxy) is 1. The highest BCUT2D eigenvalue weighted by atomic mass is 35.5. The molecule has 0 aliphatic carbocycles. The third kappa shape index (κ3) is 4.83. The molecule has 5 rings (SSSR count). The predicted molar refractivity (Wildman–Crippen MR) is 140 cm³/mol. The van der Waals surface area contributed by atoms with Gasteiger partial charge >= 0.3 is 6.61 Å². The molecule has 8 nitrogen and oxygen atoms in total. The Morgan fingerprint density at radius 1 is 1.18 bits per heavy atom. The Morgan fingerprint density at radius 3 is 2.56 bits per heavy atom. The Bertz CT molecular complexity index is 1480. The monoisotopic (exact) mass is 553 g/mol. The number of alkyl halides is 2. The predicted octanol–water partition coefficient (Wildman–Crippen LogP) is 6.05. The van der Waals surface area contributed by atoms with Crippen molar-refractivity contribution in [2.75, 3.05) is 6.54 Å². The van der Waals surface area contributed by atoms with E-state index in [1.807, 2.05) is 20.8 Å². The van der Waals surface area contributed by atoms with Gasteiger partial charge in [-0.3, -0.25) is 14.3 Å². The van der Waals surface area contributed by atoms with Gasteiger partial charge in [-0.25, -0.2) is 4.85 Å². The molecule has 1 aromatic heterocycles. The molecular formula is C28H26ClF2N5O3. The summed E-state index contributed by atoms with van der Waals surface area (Å²) in [6.45, 7) is 10.8. The Balaban J connectivity index is 1.43. The number of nitrogens with zero attached hydrogens (tertiary/aromatic N) is 5. The van der Waals surface area contributed by atoms with E-state index in [0.717, 1.165) is 16.8 Å². The minimum Gasteiger partial charge on any atom is -0.435 e. The smallest absolute Gasteiger partial charge is 0.387 e. The molecule has 3 aromatic rings. The number of rotatable bonds is 5. The third-order valence-corrected chi connectivity index (χ3v) is 7.73. The van der Waals surface area contributed by atoms with Crippen molar-refractivity contribution in [1.82, 2.24) is 19.6 Å². The highest BCUT2D eigenvalue weighted by molar-refractivity contribution is 6.33. The van der Waals surface area contributed by atoms with Gasteiger partial charge in [0.05, 0.1) is 30.9 Å². The molecule has 3 heterocycles. The summed E-state index contributed by atoms with van der Waals surface area (Å²) in [5.74, 6) is -0.400. The normalized spacial score (nSPS) is 19.4. The average molecular weight is 554 g/mol. The van der Waals surface area contributed by atoms with E-state index in [2.05, 4.69) is 9.58 Å². The minimum atomic E-state index is -2.91. The summed E-state index contributed by atoms with van der Waals surface area (Å²) in [6.07, 6.45) is 0.492. The largest absolute Gasteiger partial charge is 0.435 e. The van der Waals surface area contributed by atoms with E-state index in [1.165, 1.54) is 18.2 Å². The lowest BCUT2D eigenvalue weighted by atomic mass is 9.96. The van der Waals surface area contributed by atoms with Crippen LogP contribution in [-0.2, 0) is 13.0 Å². The summed E-state index contributed by atoms with van der Waals surface area (Å²) in [7, 11) is 0. The first-order chi connectivity index (χ1) is 18.6. The van der Waals surface area contributed by atoms with Crippen molar-refractivity contribution in [2.24, 2.45) is 0 Å². The molecule has 0 unspecified atom stereocenters. The number of halogens is 3. The highest BCUT2D eigenvalue weighted by Gasteiger charge is 2.40. The molecule has 2 aliphatic rings. The molecule has 0 spiro atoms. The number of amides is 2. The van der Waals surface area contributed by atoms with E-state index >= 15 is 0 Å². The van der Waals surface area contributed by atoms with Crippen molar-refractivity contribution < 1.29 is 23.1 Å². The molecule has 2 amide bonds. The first-order valence-electron chi connectivity index (χ1n) is 12.5. The Hall–Kier alpha value is -3.97. The first-order valence-corrected chi connectivity index (χ1v) is 12.9. The summed E-state index contributed by atoms with van der Waals surface area (Å²) >= 11 is 6.06. The maximum absolute atomic E-state index is 13.9. The number of fused-ring (bicyclic) bond motifs is 3. The van der Waals surface area contributed by atoms with Gasteiger partial charge in [0.15, 0.2) is 0 Å². The van der Waals surface area contributed by atoms with Gasteiger partial charge in [0.25, 0.3) is 11.8 Å². The second kappa shape index (κ2) is 10.3. The SMILES string of the molecule is [C-]#[N+]c1cc(C(=O)N2Cc3c(nn4c3C(=O)N([C@@H](C)c3ccc(OC(F)F)cc3)C[C@H]4C)C[C@H]2C)ccc1Cl. The molecule has 202 valence electrons. The number of hydrogen-bond acceptors (Lipinski definition) is 4. The third-order valence-electron chi connectivity index (χ3n) is 7.41. The van der Waals surface area contributed by atoms with E-state index in [4.69, 9.17) is 23.3 Å². The lowest BCUT2D eigenvalue weighted by Gasteiger charge is -2.37. The van der Waals surface area contributed by atoms with Gasteiger partial charge in [0.1, 0.15) is 11.4 Å². The van der Waals surface area contributed by atoms with Crippen LogP contribution >= 0.6 is 11.6 Å². The Morgan fingerprint density at radius 2 is 1.90 bits per heavy atom. The second-order valence-electron chi connectivity index (χ2n) is 9.91. The van der Waals surface area contributed by atoms with Gasteiger partial charge < -0.3 is 14.5 Å². The molecule has 2 aromatic carbocycles. The van der Waals surface area contributed by atoms with Crippen LogP contribution in [0.1, 0.15) is 70.5 Å². The van der Waals surface area contributed by atoms with Crippen LogP contribution in [-0.4, -0.2) is 50.6 Å². The van der Waals surface area contributed by atoms with E-state index in [0.29, 0.717) is 24.2 Å². The molecule has 0 bridgehead atoms. The molecule has 0 saturated heterocycles. The first kappa shape index (κ1) is 26.6. The topological polar surface area (TPSA) is 72.0 Å². The molecule has 11 heteroatoms. The lowest BCUT2D eigenvalue weighted by molar-refractivity contribution is -0.0498. The van der Waals surface area contributed by atoms with Crippen LogP contribution in [0.4, 0.5) is 14.5 Å². The molecule has 2 aliphatic heterocycles. The van der Waals surface area contributed by atoms with Crippen LogP contribution in [0.3, 0.4) is 0 Å². The molecule has 0 N–H and O–H groups in total. The second-order valence-corrected chi connectivity index (χ2v) is 10.3. The van der Waals surface area contributed by atoms with E-state index in [1.54, 1.807) is 38.7 Å². The molecule has 0 fully saturated rings. The van der Waals surface area contributed by atoms with E-state index in [9.17, 15) is 18.4 Å². The fourth-order valence-electron chi connectivity index (χ4n) is 5.30. The van der Waals surface area contributed by atoms with Crippen molar-refractivity contribution in [3.63, 3.8) is 0 Å². The summed E-state index contributed by atoms with van der Waals surface area (Å²) in [5.41, 5.74) is 3.31. The van der Waals surface area contributed by atoms with Gasteiger partial charge in [0.2, 0.25) is 5.69 Å². The average Bonchev–Trinajstić information content (AvgIpc) is 3.29. The molecule has 3 atom stereocenters. The van der Waals surface area contributed by atoms with Crippen LogP contribution in [0.2, 0.25) is 5.02 Å². The maximum atomic E-state index is 13.9. The van der Waals surface area contributed by atoms with Gasteiger partial charge in [-0.05, 0) is 44.5 Å². The molecule has 0 saturated carbocycles. The highest BCUT2D eigenvalue weighted by Crippen LogP contribution is 2.36. The molecule has 39 heavy (non-hydrogen) atoms. The maximum Gasteiger partial charge on any atom is 0.387 e. The standard InChI is InChI=1S/C28H26ClF2N5O3/c1-15-11-23-21(14-34(15)26(37)19-7-10-22(29)24(12-19)32-4)25-27(38)35(13-16(2)36(25)33-23)17(3)18-5-8-20(9-6-18)39-28(30)31/h5-10,12,15-17,28H,11,13-14H2,1-3H3/t15-,16-,17+/m1/s1. The van der Waals surface area contributed by atoms with Gasteiger partial charge in [0, 0.05) is 35.2 Å². The number of benzene rings is 2. The van der Waals surface area contributed by atoms with E-state index < -0.39 is 6.61 Å². The van der Waals surface area contributed by atoms with Gasteiger partial charge in [-0.1, -0.05) is 35.9 Å². The van der Waals surface area contributed by atoms with Crippen molar-refractivity contribution in [2.45, 2.75) is 58.5 Å². The Labute approximate surface area is 229 Å². The van der Waals surface area contributed by atoms with Gasteiger partial charge in [-0.15, -0.1) is 0 Å². The van der Waals surface area contributed by atoms with Crippen LogP contribution in [0.15, 0.2) is 42.5 Å². The number of aromatic nitrogens is 2. The number of carbonyl (C=O) groups is 2. The van der Waals surface area contributed by atoms with Crippen LogP contribution in [0.25, 0.3) is 4.85 Å².